The molecular weight excluding hydrogens is 280 g/mol. The van der Waals surface area contributed by atoms with E-state index in [2.05, 4.69) is 10.6 Å². The maximum absolute atomic E-state index is 12.2. The Kier molecular flexibility index (Phi) is 3.55. The fraction of sp³-hybridized carbons (Fsp3) is 0.176. The quantitative estimate of drug-likeness (QED) is 0.895. The molecule has 0 fully saturated rings. The zero-order valence-corrected chi connectivity index (χ0v) is 12.3. The maximum Gasteiger partial charge on any atom is 0.265 e. The molecule has 2 amide bonds. The number of ether oxygens (including phenoxy) is 1. The van der Waals surface area contributed by atoms with Gasteiger partial charge < -0.3 is 15.4 Å². The molecule has 112 valence electrons. The first-order valence-electron chi connectivity index (χ1n) is 7.02. The van der Waals surface area contributed by atoms with E-state index in [1.54, 1.807) is 37.3 Å². The molecule has 2 aromatic carbocycles. The van der Waals surface area contributed by atoms with Gasteiger partial charge in [0, 0.05) is 11.3 Å². The molecule has 5 heteroatoms. The highest BCUT2D eigenvalue weighted by Crippen LogP contribution is 2.32. The monoisotopic (exact) mass is 296 g/mol. The van der Waals surface area contributed by atoms with E-state index in [-0.39, 0.29) is 11.8 Å². The minimum absolute atomic E-state index is 0.198. The smallest absolute Gasteiger partial charge is 0.265 e. The fourth-order valence-electron chi connectivity index (χ4n) is 2.19. The second-order valence-corrected chi connectivity index (χ2v) is 5.28. The number of aryl methyl sites for hydroxylation is 1. The molecule has 0 unspecified atom stereocenters. The Bertz CT molecular complexity index is 738. The highest BCUT2D eigenvalue weighted by atomic mass is 16.5. The number of rotatable bonds is 2. The van der Waals surface area contributed by atoms with Crippen LogP contribution in [0.2, 0.25) is 0 Å². The molecule has 0 saturated heterocycles. The Morgan fingerprint density at radius 3 is 2.64 bits per heavy atom. The van der Waals surface area contributed by atoms with Crippen molar-refractivity contribution >= 4 is 23.2 Å². The first-order valence-corrected chi connectivity index (χ1v) is 7.02. The van der Waals surface area contributed by atoms with E-state index in [1.807, 2.05) is 19.1 Å². The lowest BCUT2D eigenvalue weighted by molar-refractivity contribution is -0.122. The standard InChI is InChI=1S/C17H16N2O3/c1-10-3-5-12(6-4-10)17(21)18-13-7-8-15-14(9-13)19-16(20)11(2)22-15/h3-9,11H,1-2H3,(H,18,21)(H,19,20)/t11-/m0/s1. The van der Waals surface area contributed by atoms with Gasteiger partial charge in [-0.25, -0.2) is 0 Å². The molecule has 1 aliphatic heterocycles. The number of carbonyl (C=O) groups excluding carboxylic acids is 2. The summed E-state index contributed by atoms with van der Waals surface area (Å²) >= 11 is 0. The van der Waals surface area contributed by atoms with E-state index in [0.717, 1.165) is 5.56 Å². The van der Waals surface area contributed by atoms with Gasteiger partial charge in [-0.3, -0.25) is 9.59 Å². The fourth-order valence-corrected chi connectivity index (χ4v) is 2.19. The summed E-state index contributed by atoms with van der Waals surface area (Å²) in [5.74, 6) is 0.200. The Balaban J connectivity index is 1.79. The molecule has 0 radical (unpaired) electrons. The van der Waals surface area contributed by atoms with Crippen LogP contribution in [0.3, 0.4) is 0 Å². The summed E-state index contributed by atoms with van der Waals surface area (Å²) in [5, 5.41) is 5.56. The molecular formula is C17H16N2O3. The molecule has 0 aromatic heterocycles. The van der Waals surface area contributed by atoms with Crippen molar-refractivity contribution in [2.75, 3.05) is 10.6 Å². The van der Waals surface area contributed by atoms with E-state index in [9.17, 15) is 9.59 Å². The molecule has 0 spiro atoms. The van der Waals surface area contributed by atoms with E-state index in [4.69, 9.17) is 4.74 Å². The third-order valence-electron chi connectivity index (χ3n) is 3.48. The summed E-state index contributed by atoms with van der Waals surface area (Å²) in [7, 11) is 0. The van der Waals surface area contributed by atoms with Gasteiger partial charge in [-0.05, 0) is 44.2 Å². The molecule has 0 bridgehead atoms. The molecule has 0 saturated carbocycles. The summed E-state index contributed by atoms with van der Waals surface area (Å²) in [5.41, 5.74) is 2.84. The molecule has 22 heavy (non-hydrogen) atoms. The third-order valence-corrected chi connectivity index (χ3v) is 3.48. The Morgan fingerprint density at radius 1 is 1.18 bits per heavy atom. The summed E-state index contributed by atoms with van der Waals surface area (Å²) in [4.78, 5) is 23.8. The van der Waals surface area contributed by atoms with Crippen molar-refractivity contribution in [2.24, 2.45) is 0 Å². The second kappa shape index (κ2) is 5.52. The van der Waals surface area contributed by atoms with Gasteiger partial charge in [-0.2, -0.15) is 0 Å². The summed E-state index contributed by atoms with van der Waals surface area (Å²) < 4.78 is 5.48. The molecule has 5 nitrogen and oxygen atoms in total. The number of amides is 2. The van der Waals surface area contributed by atoms with Crippen LogP contribution in [0.5, 0.6) is 5.75 Å². The number of fused-ring (bicyclic) bond motifs is 1. The van der Waals surface area contributed by atoms with Gasteiger partial charge in [-0.1, -0.05) is 17.7 Å². The molecule has 3 rings (SSSR count). The SMILES string of the molecule is Cc1ccc(C(=O)Nc2ccc3c(c2)NC(=O)[C@H](C)O3)cc1. The first-order chi connectivity index (χ1) is 10.5. The second-order valence-electron chi connectivity index (χ2n) is 5.28. The van der Waals surface area contributed by atoms with Crippen LogP contribution in [-0.2, 0) is 4.79 Å². The lowest BCUT2D eigenvalue weighted by atomic mass is 10.1. The number of nitrogens with one attached hydrogen (secondary N) is 2. The molecule has 2 N–H and O–H groups in total. The van der Waals surface area contributed by atoms with E-state index in [1.165, 1.54) is 0 Å². The van der Waals surface area contributed by atoms with Crippen LogP contribution in [-0.4, -0.2) is 17.9 Å². The third kappa shape index (κ3) is 2.79. The van der Waals surface area contributed by atoms with E-state index >= 15 is 0 Å². The van der Waals surface area contributed by atoms with Gasteiger partial charge in [0.2, 0.25) is 0 Å². The largest absolute Gasteiger partial charge is 0.479 e. The summed E-state index contributed by atoms with van der Waals surface area (Å²) in [6, 6.07) is 12.5. The number of benzene rings is 2. The lowest BCUT2D eigenvalue weighted by Crippen LogP contribution is -2.34. The van der Waals surface area contributed by atoms with Crippen LogP contribution in [0.25, 0.3) is 0 Å². The number of hydrogen-bond acceptors (Lipinski definition) is 3. The molecule has 1 aliphatic rings. The highest BCUT2D eigenvalue weighted by Gasteiger charge is 2.23. The van der Waals surface area contributed by atoms with Gasteiger partial charge in [0.25, 0.3) is 11.8 Å². The van der Waals surface area contributed by atoms with Crippen LogP contribution in [0.4, 0.5) is 11.4 Å². The molecule has 1 heterocycles. The number of carbonyl (C=O) groups is 2. The van der Waals surface area contributed by atoms with Crippen LogP contribution in [0.1, 0.15) is 22.8 Å². The van der Waals surface area contributed by atoms with Crippen LogP contribution in [0, 0.1) is 6.92 Å². The Hall–Kier alpha value is -2.82. The first kappa shape index (κ1) is 14.1. The minimum Gasteiger partial charge on any atom is -0.479 e. The van der Waals surface area contributed by atoms with Crippen LogP contribution in [0.15, 0.2) is 42.5 Å². The molecule has 2 aromatic rings. The Morgan fingerprint density at radius 2 is 1.91 bits per heavy atom. The van der Waals surface area contributed by atoms with Crippen molar-refractivity contribution in [3.05, 3.63) is 53.6 Å². The van der Waals surface area contributed by atoms with Gasteiger partial charge in [-0.15, -0.1) is 0 Å². The van der Waals surface area contributed by atoms with E-state index in [0.29, 0.717) is 22.7 Å². The number of hydrogen-bond donors (Lipinski definition) is 2. The van der Waals surface area contributed by atoms with Crippen molar-refractivity contribution in [1.29, 1.82) is 0 Å². The number of anilines is 2. The van der Waals surface area contributed by atoms with Gasteiger partial charge in [0.1, 0.15) is 5.75 Å². The molecule has 1 atom stereocenters. The maximum atomic E-state index is 12.2. The zero-order chi connectivity index (χ0) is 15.7. The van der Waals surface area contributed by atoms with Crippen LogP contribution >= 0.6 is 0 Å². The predicted molar refractivity (Wildman–Crippen MR) is 84.3 cm³/mol. The lowest BCUT2D eigenvalue weighted by Gasteiger charge is -2.23. The van der Waals surface area contributed by atoms with Crippen molar-refractivity contribution < 1.29 is 14.3 Å². The van der Waals surface area contributed by atoms with E-state index < -0.39 is 6.10 Å². The summed E-state index contributed by atoms with van der Waals surface area (Å²) in [6.07, 6.45) is -0.513. The van der Waals surface area contributed by atoms with Crippen molar-refractivity contribution in [2.45, 2.75) is 20.0 Å². The van der Waals surface area contributed by atoms with Crippen molar-refractivity contribution in [3.63, 3.8) is 0 Å². The topological polar surface area (TPSA) is 67.4 Å². The Labute approximate surface area is 128 Å². The summed E-state index contributed by atoms with van der Waals surface area (Å²) in [6.45, 7) is 3.65. The molecule has 0 aliphatic carbocycles. The van der Waals surface area contributed by atoms with Crippen LogP contribution < -0.4 is 15.4 Å². The predicted octanol–water partition coefficient (Wildman–Crippen LogP) is 2.97. The average molecular weight is 296 g/mol. The van der Waals surface area contributed by atoms with Gasteiger partial charge >= 0.3 is 0 Å². The average Bonchev–Trinajstić information content (AvgIpc) is 2.49. The highest BCUT2D eigenvalue weighted by molar-refractivity contribution is 6.05. The van der Waals surface area contributed by atoms with Crippen molar-refractivity contribution in [3.8, 4) is 5.75 Å². The minimum atomic E-state index is -0.513. The van der Waals surface area contributed by atoms with Crippen molar-refractivity contribution in [1.82, 2.24) is 0 Å². The van der Waals surface area contributed by atoms with Gasteiger partial charge in [0.15, 0.2) is 6.10 Å². The van der Waals surface area contributed by atoms with Gasteiger partial charge in [0.05, 0.1) is 5.69 Å². The normalized spacial score (nSPS) is 16.3. The zero-order valence-electron chi connectivity index (χ0n) is 12.3.